The molecule has 0 saturated heterocycles. The number of nitrogen functional groups attached to an aromatic ring is 1. The Kier molecular flexibility index (Phi) is 3.98. The zero-order valence-electron chi connectivity index (χ0n) is 8.85. The minimum absolute atomic E-state index is 0.172. The van der Waals surface area contributed by atoms with Crippen LogP contribution in [0, 0.1) is 0 Å². The molecule has 2 nitrogen and oxygen atoms in total. The van der Waals surface area contributed by atoms with Crippen molar-refractivity contribution in [3.63, 3.8) is 0 Å². The number of anilines is 1. The van der Waals surface area contributed by atoms with E-state index in [1.54, 1.807) is 0 Å². The van der Waals surface area contributed by atoms with Crippen molar-refractivity contribution < 1.29 is 31.1 Å². The smallest absolute Gasteiger partial charge is 0.372 e. The highest BCUT2D eigenvalue weighted by molar-refractivity contribution is 5.41. The second-order valence-corrected chi connectivity index (χ2v) is 3.49. The van der Waals surface area contributed by atoms with Crippen LogP contribution in [0.2, 0.25) is 0 Å². The normalized spacial score (nSPS) is 12.8. The predicted molar refractivity (Wildman–Crippen MR) is 52.2 cm³/mol. The van der Waals surface area contributed by atoms with Crippen LogP contribution in [-0.2, 0) is 0 Å². The van der Waals surface area contributed by atoms with Crippen molar-refractivity contribution in [3.05, 3.63) is 24.3 Å². The van der Waals surface area contributed by atoms with Crippen molar-refractivity contribution in [2.45, 2.75) is 18.3 Å². The number of hydrogen-bond donors (Lipinski definition) is 1. The lowest BCUT2D eigenvalue weighted by Gasteiger charge is -2.25. The summed E-state index contributed by atoms with van der Waals surface area (Å²) in [7, 11) is 0. The minimum Gasteiger partial charge on any atom is -0.487 e. The summed E-state index contributed by atoms with van der Waals surface area (Å²) in [6, 6.07) is 4.90. The Morgan fingerprint density at radius 2 is 1.56 bits per heavy atom. The van der Waals surface area contributed by atoms with E-state index in [0.717, 1.165) is 12.1 Å². The number of halogens is 6. The highest BCUT2D eigenvalue weighted by Crippen LogP contribution is 2.39. The van der Waals surface area contributed by atoms with Gasteiger partial charge in [0.1, 0.15) is 5.75 Å². The standard InChI is InChI=1S/C10H9F6NO/c11-8(12)10(15,16)9(13,14)5-18-7-3-1-6(17)2-4-7/h1-4,8H,5,17H2. The summed E-state index contributed by atoms with van der Waals surface area (Å²) in [5.41, 5.74) is 5.61. The third-order valence-electron chi connectivity index (χ3n) is 2.06. The van der Waals surface area contributed by atoms with E-state index in [4.69, 9.17) is 5.73 Å². The zero-order valence-corrected chi connectivity index (χ0v) is 8.85. The lowest BCUT2D eigenvalue weighted by Crippen LogP contribution is -2.50. The molecule has 1 rings (SSSR count). The van der Waals surface area contributed by atoms with Crippen LogP contribution in [0.5, 0.6) is 5.75 Å². The van der Waals surface area contributed by atoms with Crippen LogP contribution >= 0.6 is 0 Å². The lowest BCUT2D eigenvalue weighted by molar-refractivity contribution is -0.271. The van der Waals surface area contributed by atoms with Crippen LogP contribution in [-0.4, -0.2) is 24.9 Å². The highest BCUT2D eigenvalue weighted by Gasteiger charge is 2.63. The van der Waals surface area contributed by atoms with Crippen LogP contribution < -0.4 is 10.5 Å². The Hall–Kier alpha value is -1.60. The van der Waals surface area contributed by atoms with Crippen LogP contribution in [0.4, 0.5) is 32.0 Å². The lowest BCUT2D eigenvalue weighted by atomic mass is 10.2. The van der Waals surface area contributed by atoms with E-state index in [1.165, 1.54) is 12.1 Å². The summed E-state index contributed by atoms with van der Waals surface area (Å²) >= 11 is 0. The van der Waals surface area contributed by atoms with Gasteiger partial charge in [0.15, 0.2) is 6.61 Å². The van der Waals surface area contributed by atoms with E-state index in [0.29, 0.717) is 5.69 Å². The fourth-order valence-corrected chi connectivity index (χ4v) is 0.994. The van der Waals surface area contributed by atoms with E-state index in [-0.39, 0.29) is 5.75 Å². The molecule has 0 radical (unpaired) electrons. The Bertz CT molecular complexity index is 392. The topological polar surface area (TPSA) is 35.2 Å². The van der Waals surface area contributed by atoms with Gasteiger partial charge in [-0.1, -0.05) is 0 Å². The maximum absolute atomic E-state index is 12.8. The maximum Gasteiger partial charge on any atom is 0.372 e. The molecular weight excluding hydrogens is 264 g/mol. The number of nitrogens with two attached hydrogens (primary N) is 1. The second-order valence-electron chi connectivity index (χ2n) is 3.49. The number of rotatable bonds is 5. The average molecular weight is 273 g/mol. The van der Waals surface area contributed by atoms with Crippen LogP contribution in [0.3, 0.4) is 0 Å². The fraction of sp³-hybridized carbons (Fsp3) is 0.400. The summed E-state index contributed by atoms with van der Waals surface area (Å²) in [6.07, 6.45) is -4.47. The van der Waals surface area contributed by atoms with E-state index in [2.05, 4.69) is 4.74 Å². The van der Waals surface area contributed by atoms with E-state index in [9.17, 15) is 26.3 Å². The SMILES string of the molecule is Nc1ccc(OCC(F)(F)C(F)(F)C(F)F)cc1. The molecule has 0 atom stereocenters. The van der Waals surface area contributed by atoms with Gasteiger partial charge in [0.25, 0.3) is 0 Å². The van der Waals surface area contributed by atoms with Gasteiger partial charge in [-0.2, -0.15) is 17.6 Å². The minimum atomic E-state index is -5.44. The number of hydrogen-bond acceptors (Lipinski definition) is 2. The molecule has 2 N–H and O–H groups in total. The fourth-order valence-electron chi connectivity index (χ4n) is 0.994. The van der Waals surface area contributed by atoms with Gasteiger partial charge in [0, 0.05) is 5.69 Å². The van der Waals surface area contributed by atoms with Crippen molar-refractivity contribution in [1.82, 2.24) is 0 Å². The Morgan fingerprint density at radius 3 is 2.00 bits per heavy atom. The molecule has 0 aliphatic heterocycles. The molecule has 0 bridgehead atoms. The van der Waals surface area contributed by atoms with Crippen molar-refractivity contribution >= 4 is 5.69 Å². The van der Waals surface area contributed by atoms with Crippen LogP contribution in [0.15, 0.2) is 24.3 Å². The van der Waals surface area contributed by atoms with Gasteiger partial charge in [-0.3, -0.25) is 0 Å². The quantitative estimate of drug-likeness (QED) is 0.660. The summed E-state index contributed by atoms with van der Waals surface area (Å²) in [5, 5.41) is 0. The third kappa shape index (κ3) is 2.99. The molecule has 0 spiro atoms. The van der Waals surface area contributed by atoms with Crippen molar-refractivity contribution in [2.75, 3.05) is 12.3 Å². The number of benzene rings is 1. The van der Waals surface area contributed by atoms with E-state index in [1.807, 2.05) is 0 Å². The van der Waals surface area contributed by atoms with Crippen LogP contribution in [0.1, 0.15) is 0 Å². The molecule has 0 heterocycles. The van der Waals surface area contributed by atoms with Crippen molar-refractivity contribution in [2.24, 2.45) is 0 Å². The highest BCUT2D eigenvalue weighted by atomic mass is 19.3. The Morgan fingerprint density at radius 1 is 1.06 bits per heavy atom. The zero-order chi connectivity index (χ0) is 14.0. The first-order valence-corrected chi connectivity index (χ1v) is 4.69. The monoisotopic (exact) mass is 273 g/mol. The predicted octanol–water partition coefficient (Wildman–Crippen LogP) is 3.18. The molecule has 8 heteroatoms. The van der Waals surface area contributed by atoms with Gasteiger partial charge in [0.2, 0.25) is 0 Å². The van der Waals surface area contributed by atoms with Crippen molar-refractivity contribution in [3.8, 4) is 5.75 Å². The van der Waals surface area contributed by atoms with Crippen molar-refractivity contribution in [1.29, 1.82) is 0 Å². The Labute approximate surface area is 98.3 Å². The van der Waals surface area contributed by atoms with Gasteiger partial charge < -0.3 is 10.5 Å². The number of ether oxygens (including phenoxy) is 1. The third-order valence-corrected chi connectivity index (χ3v) is 2.06. The van der Waals surface area contributed by atoms with Gasteiger partial charge in [-0.15, -0.1) is 0 Å². The molecule has 0 aliphatic carbocycles. The first-order chi connectivity index (χ1) is 8.17. The van der Waals surface area contributed by atoms with E-state index >= 15 is 0 Å². The van der Waals surface area contributed by atoms with Gasteiger partial charge >= 0.3 is 18.3 Å². The van der Waals surface area contributed by atoms with Gasteiger partial charge in [-0.25, -0.2) is 8.78 Å². The molecule has 102 valence electrons. The first kappa shape index (κ1) is 14.5. The number of alkyl halides is 6. The molecular formula is C10H9F6NO. The van der Waals surface area contributed by atoms with Crippen LogP contribution in [0.25, 0.3) is 0 Å². The molecule has 0 aromatic heterocycles. The maximum atomic E-state index is 12.8. The van der Waals surface area contributed by atoms with Gasteiger partial charge in [0.05, 0.1) is 0 Å². The first-order valence-electron chi connectivity index (χ1n) is 4.69. The molecule has 1 aromatic carbocycles. The molecule has 18 heavy (non-hydrogen) atoms. The van der Waals surface area contributed by atoms with Gasteiger partial charge in [-0.05, 0) is 24.3 Å². The Balaban J connectivity index is 2.70. The molecule has 0 saturated carbocycles. The molecule has 0 aliphatic rings. The summed E-state index contributed by atoms with van der Waals surface area (Å²) in [4.78, 5) is 0. The summed E-state index contributed by atoms with van der Waals surface area (Å²) < 4.78 is 78.6. The summed E-state index contributed by atoms with van der Waals surface area (Å²) in [5.74, 6) is -10.6. The molecule has 1 aromatic rings. The summed E-state index contributed by atoms with van der Waals surface area (Å²) in [6.45, 7) is -1.85. The second kappa shape index (κ2) is 4.95. The molecule has 0 unspecified atom stereocenters. The molecule has 0 fully saturated rings. The largest absolute Gasteiger partial charge is 0.487 e. The van der Waals surface area contributed by atoms with E-state index < -0.39 is 24.9 Å². The molecule has 0 amide bonds. The average Bonchev–Trinajstić information content (AvgIpc) is 2.28.